The van der Waals surface area contributed by atoms with Gasteiger partial charge in [-0.1, -0.05) is 36.4 Å². The number of carbonyl (C=O) groups excluding carboxylic acids is 1. The maximum atomic E-state index is 13.2. The van der Waals surface area contributed by atoms with E-state index < -0.39 is 0 Å². The van der Waals surface area contributed by atoms with Crippen LogP contribution in [-0.4, -0.2) is 58.4 Å². The van der Waals surface area contributed by atoms with Gasteiger partial charge in [0.1, 0.15) is 5.52 Å². The highest BCUT2D eigenvalue weighted by molar-refractivity contribution is 6.04. The third-order valence-corrected chi connectivity index (χ3v) is 5.86. The molecule has 0 spiro atoms. The van der Waals surface area contributed by atoms with E-state index in [0.29, 0.717) is 11.1 Å². The third kappa shape index (κ3) is 4.62. The number of benzene rings is 2. The molecule has 150 valence electrons. The van der Waals surface area contributed by atoms with E-state index in [4.69, 9.17) is 0 Å². The minimum Gasteiger partial charge on any atom is -0.337 e. The second-order valence-corrected chi connectivity index (χ2v) is 7.83. The predicted octanol–water partition coefficient (Wildman–Crippen LogP) is 3.80. The molecule has 1 saturated heterocycles. The van der Waals surface area contributed by atoms with Crippen molar-refractivity contribution in [2.24, 2.45) is 0 Å². The molecule has 1 aromatic heterocycles. The number of likely N-dealkylation sites (tertiary alicyclic amines) is 1. The van der Waals surface area contributed by atoms with E-state index in [1.807, 2.05) is 30.1 Å². The highest BCUT2D eigenvalue weighted by atomic mass is 16.2. The van der Waals surface area contributed by atoms with Crippen molar-refractivity contribution in [1.29, 1.82) is 0 Å². The summed E-state index contributed by atoms with van der Waals surface area (Å²) in [5.41, 5.74) is 3.48. The third-order valence-electron chi connectivity index (χ3n) is 5.86. The molecule has 29 heavy (non-hydrogen) atoms. The fourth-order valence-corrected chi connectivity index (χ4v) is 4.22. The number of piperidine rings is 1. The van der Waals surface area contributed by atoms with Crippen LogP contribution in [0.4, 0.5) is 0 Å². The molecule has 1 aliphatic rings. The Labute approximate surface area is 172 Å². The van der Waals surface area contributed by atoms with E-state index in [2.05, 4.69) is 45.2 Å². The molecule has 3 aromatic rings. The van der Waals surface area contributed by atoms with Crippen molar-refractivity contribution in [2.75, 3.05) is 26.7 Å². The lowest BCUT2D eigenvalue weighted by Crippen LogP contribution is -2.48. The number of hydrogen-bond donors (Lipinski definition) is 0. The zero-order chi connectivity index (χ0) is 20.1. The number of rotatable bonds is 6. The quantitative estimate of drug-likeness (QED) is 0.644. The summed E-state index contributed by atoms with van der Waals surface area (Å²) in [6.07, 6.45) is 7.73. The first-order valence-corrected chi connectivity index (χ1v) is 10.5. The molecule has 2 aromatic carbocycles. The number of carbonyl (C=O) groups is 1. The van der Waals surface area contributed by atoms with Gasteiger partial charge >= 0.3 is 0 Å². The summed E-state index contributed by atoms with van der Waals surface area (Å²) in [6.45, 7) is 3.13. The summed E-state index contributed by atoms with van der Waals surface area (Å²) >= 11 is 0. The van der Waals surface area contributed by atoms with Crippen LogP contribution in [0.2, 0.25) is 0 Å². The van der Waals surface area contributed by atoms with Gasteiger partial charge in [-0.3, -0.25) is 14.8 Å². The zero-order valence-corrected chi connectivity index (χ0v) is 17.0. The van der Waals surface area contributed by atoms with E-state index >= 15 is 0 Å². The number of aromatic nitrogens is 2. The molecule has 0 aliphatic carbocycles. The minimum atomic E-state index is 0.0345. The molecule has 4 rings (SSSR count). The van der Waals surface area contributed by atoms with E-state index in [1.54, 1.807) is 12.4 Å². The van der Waals surface area contributed by atoms with Crippen LogP contribution in [0, 0.1) is 0 Å². The van der Waals surface area contributed by atoms with Crippen LogP contribution in [0.5, 0.6) is 0 Å². The molecule has 0 radical (unpaired) electrons. The van der Waals surface area contributed by atoms with Crippen LogP contribution in [0.1, 0.15) is 35.2 Å². The van der Waals surface area contributed by atoms with Crippen LogP contribution < -0.4 is 0 Å². The normalized spacial score (nSPS) is 17.3. The number of aryl methyl sites for hydroxylation is 1. The lowest BCUT2D eigenvalue weighted by molar-refractivity contribution is 0.0618. The molecule has 5 heteroatoms. The Morgan fingerprint density at radius 1 is 1.10 bits per heavy atom. The zero-order valence-electron chi connectivity index (χ0n) is 17.0. The van der Waals surface area contributed by atoms with Crippen LogP contribution >= 0.6 is 0 Å². The number of fused-ring (bicyclic) bond motifs is 1. The lowest BCUT2D eigenvalue weighted by atomic mass is 10.0. The summed E-state index contributed by atoms with van der Waals surface area (Å²) in [5.74, 6) is 0.0345. The first-order chi connectivity index (χ1) is 14.2. The van der Waals surface area contributed by atoms with Gasteiger partial charge in [-0.15, -0.1) is 0 Å². The Morgan fingerprint density at radius 2 is 1.93 bits per heavy atom. The predicted molar refractivity (Wildman–Crippen MR) is 116 cm³/mol. The Hall–Kier alpha value is -2.79. The summed E-state index contributed by atoms with van der Waals surface area (Å²) in [5, 5.41) is 0. The molecule has 0 unspecified atom stereocenters. The summed E-state index contributed by atoms with van der Waals surface area (Å²) < 4.78 is 0. The van der Waals surface area contributed by atoms with Gasteiger partial charge in [0, 0.05) is 32.0 Å². The van der Waals surface area contributed by atoms with Crippen molar-refractivity contribution < 1.29 is 4.79 Å². The Kier molecular flexibility index (Phi) is 6.15. The Bertz CT molecular complexity index is 954. The highest BCUT2D eigenvalue weighted by Crippen LogP contribution is 2.21. The van der Waals surface area contributed by atoms with Crippen molar-refractivity contribution in [3.05, 3.63) is 72.1 Å². The van der Waals surface area contributed by atoms with E-state index in [1.165, 1.54) is 5.56 Å². The highest BCUT2D eigenvalue weighted by Gasteiger charge is 2.27. The van der Waals surface area contributed by atoms with Crippen LogP contribution in [-0.2, 0) is 6.42 Å². The SMILES string of the molecule is CN(C(=O)c1cccc2nccnc12)[C@H]1CCCN(CCCc2ccccc2)C1. The number of nitrogens with zero attached hydrogens (tertiary/aromatic N) is 4. The second-order valence-electron chi connectivity index (χ2n) is 7.83. The number of amides is 1. The van der Waals surface area contributed by atoms with E-state index in [9.17, 15) is 4.79 Å². The van der Waals surface area contributed by atoms with Gasteiger partial charge in [0.2, 0.25) is 0 Å². The molecule has 0 N–H and O–H groups in total. The standard InChI is InChI=1S/C24H28N4O/c1-27(24(29)21-12-5-13-22-23(21)26-15-14-25-22)20-11-7-17-28(18-20)16-6-10-19-8-3-2-4-9-19/h2-5,8-9,12-15,20H,6-7,10-11,16-18H2,1H3/t20-/m0/s1. The molecule has 1 aliphatic heterocycles. The maximum Gasteiger partial charge on any atom is 0.256 e. The molecular formula is C24H28N4O. The summed E-state index contributed by atoms with van der Waals surface area (Å²) in [4.78, 5) is 26.3. The molecular weight excluding hydrogens is 360 g/mol. The van der Waals surface area contributed by atoms with Gasteiger partial charge in [0.05, 0.1) is 11.1 Å². The summed E-state index contributed by atoms with van der Waals surface area (Å²) in [7, 11) is 1.93. The van der Waals surface area contributed by atoms with E-state index in [0.717, 1.165) is 50.8 Å². The van der Waals surface area contributed by atoms with Crippen LogP contribution in [0.15, 0.2) is 60.9 Å². The second kappa shape index (κ2) is 9.14. The number of hydrogen-bond acceptors (Lipinski definition) is 4. The first kappa shape index (κ1) is 19.5. The monoisotopic (exact) mass is 388 g/mol. The van der Waals surface area contributed by atoms with Crippen molar-refractivity contribution in [1.82, 2.24) is 19.8 Å². The van der Waals surface area contributed by atoms with Crippen molar-refractivity contribution >= 4 is 16.9 Å². The number of likely N-dealkylation sites (N-methyl/N-ethyl adjacent to an activating group) is 1. The van der Waals surface area contributed by atoms with Gasteiger partial charge in [-0.25, -0.2) is 0 Å². The lowest BCUT2D eigenvalue weighted by Gasteiger charge is -2.37. The average Bonchev–Trinajstić information content (AvgIpc) is 2.78. The first-order valence-electron chi connectivity index (χ1n) is 10.5. The van der Waals surface area contributed by atoms with Gasteiger partial charge < -0.3 is 9.80 Å². The molecule has 1 fully saturated rings. The van der Waals surface area contributed by atoms with Gasteiger partial charge in [-0.05, 0) is 56.5 Å². The minimum absolute atomic E-state index is 0.0345. The topological polar surface area (TPSA) is 49.3 Å². The molecule has 1 amide bonds. The fraction of sp³-hybridized carbons (Fsp3) is 0.375. The van der Waals surface area contributed by atoms with Gasteiger partial charge in [-0.2, -0.15) is 0 Å². The Balaban J connectivity index is 1.38. The summed E-state index contributed by atoms with van der Waals surface area (Å²) in [6, 6.07) is 16.5. The smallest absolute Gasteiger partial charge is 0.256 e. The van der Waals surface area contributed by atoms with Crippen LogP contribution in [0.25, 0.3) is 11.0 Å². The van der Waals surface area contributed by atoms with Crippen LogP contribution in [0.3, 0.4) is 0 Å². The molecule has 0 saturated carbocycles. The molecule has 5 nitrogen and oxygen atoms in total. The molecule has 1 atom stereocenters. The van der Waals surface area contributed by atoms with Crippen molar-refractivity contribution in [2.45, 2.75) is 31.7 Å². The van der Waals surface area contributed by atoms with Crippen molar-refractivity contribution in [3.63, 3.8) is 0 Å². The van der Waals surface area contributed by atoms with Gasteiger partial charge in [0.15, 0.2) is 0 Å². The number of para-hydroxylation sites is 1. The Morgan fingerprint density at radius 3 is 2.79 bits per heavy atom. The largest absolute Gasteiger partial charge is 0.337 e. The van der Waals surface area contributed by atoms with Gasteiger partial charge in [0.25, 0.3) is 5.91 Å². The fourth-order valence-electron chi connectivity index (χ4n) is 4.22. The molecule has 2 heterocycles. The maximum absolute atomic E-state index is 13.2. The van der Waals surface area contributed by atoms with Crippen molar-refractivity contribution in [3.8, 4) is 0 Å². The molecule has 0 bridgehead atoms. The average molecular weight is 389 g/mol. The van der Waals surface area contributed by atoms with E-state index in [-0.39, 0.29) is 11.9 Å².